The molecule has 1 fully saturated rings. The van der Waals surface area contributed by atoms with Crippen LogP contribution in [-0.2, 0) is 11.2 Å². The van der Waals surface area contributed by atoms with E-state index in [9.17, 15) is 4.79 Å². The number of piperidine rings is 1. The highest BCUT2D eigenvalue weighted by Gasteiger charge is 2.14. The van der Waals surface area contributed by atoms with Crippen molar-refractivity contribution in [3.05, 3.63) is 29.8 Å². The Morgan fingerprint density at radius 1 is 1.22 bits per heavy atom. The minimum absolute atomic E-state index is 0.109. The fourth-order valence-electron chi connectivity index (χ4n) is 2.46. The summed E-state index contributed by atoms with van der Waals surface area (Å²) in [5.74, 6) is 0.109. The van der Waals surface area contributed by atoms with Gasteiger partial charge in [0.25, 0.3) is 0 Å². The first-order chi connectivity index (χ1) is 8.79. The number of hydrogen-bond acceptors (Lipinski definition) is 2. The summed E-state index contributed by atoms with van der Waals surface area (Å²) < 4.78 is 0. The molecule has 1 amide bonds. The van der Waals surface area contributed by atoms with Crippen LogP contribution in [0.1, 0.15) is 31.7 Å². The van der Waals surface area contributed by atoms with Crippen LogP contribution < -0.4 is 5.32 Å². The number of amides is 1. The van der Waals surface area contributed by atoms with Crippen LogP contribution in [0, 0.1) is 0 Å². The molecule has 1 aliphatic rings. The Kier molecular flexibility index (Phi) is 4.76. The Labute approximate surface area is 109 Å². The Balaban J connectivity index is 1.90. The summed E-state index contributed by atoms with van der Waals surface area (Å²) in [6.45, 7) is 4.75. The highest BCUT2D eigenvalue weighted by molar-refractivity contribution is 5.93. The quantitative estimate of drug-likeness (QED) is 0.886. The molecule has 0 spiro atoms. The van der Waals surface area contributed by atoms with Crippen molar-refractivity contribution < 1.29 is 4.79 Å². The summed E-state index contributed by atoms with van der Waals surface area (Å²) in [4.78, 5) is 14.2. The standard InChI is InChI=1S/C15H22N2O/c1-2-13-8-4-5-9-14(13)16-15(18)12-17-10-6-3-7-11-17/h4-5,8-9H,2-3,6-7,10-12H2,1H3,(H,16,18). The number of aryl methyl sites for hydroxylation is 1. The topological polar surface area (TPSA) is 32.3 Å². The lowest BCUT2D eigenvalue weighted by Gasteiger charge is -2.25. The lowest BCUT2D eigenvalue weighted by molar-refractivity contribution is -0.117. The summed E-state index contributed by atoms with van der Waals surface area (Å²) in [6, 6.07) is 8.03. The number of carbonyl (C=O) groups is 1. The maximum Gasteiger partial charge on any atom is 0.238 e. The smallest absolute Gasteiger partial charge is 0.238 e. The first-order valence-electron chi connectivity index (χ1n) is 6.89. The highest BCUT2D eigenvalue weighted by Crippen LogP contribution is 2.15. The van der Waals surface area contributed by atoms with Crippen molar-refractivity contribution in [1.82, 2.24) is 4.90 Å². The van der Waals surface area contributed by atoms with Gasteiger partial charge in [0, 0.05) is 5.69 Å². The molecule has 1 aromatic carbocycles. The van der Waals surface area contributed by atoms with E-state index in [1.54, 1.807) is 0 Å². The molecule has 0 unspecified atom stereocenters. The SMILES string of the molecule is CCc1ccccc1NC(=O)CN1CCCCC1. The van der Waals surface area contributed by atoms with Crippen molar-refractivity contribution >= 4 is 11.6 Å². The molecule has 18 heavy (non-hydrogen) atoms. The maximum atomic E-state index is 12.0. The third-order valence-electron chi connectivity index (χ3n) is 3.49. The van der Waals surface area contributed by atoms with Crippen molar-refractivity contribution in [1.29, 1.82) is 0 Å². The van der Waals surface area contributed by atoms with Crippen LogP contribution in [0.3, 0.4) is 0 Å². The molecule has 0 radical (unpaired) electrons. The van der Waals surface area contributed by atoms with Gasteiger partial charge in [-0.2, -0.15) is 0 Å². The fraction of sp³-hybridized carbons (Fsp3) is 0.533. The Hall–Kier alpha value is -1.35. The van der Waals surface area contributed by atoms with Gasteiger partial charge in [0.15, 0.2) is 0 Å². The molecule has 0 aliphatic carbocycles. The second kappa shape index (κ2) is 6.55. The second-order valence-corrected chi connectivity index (χ2v) is 4.90. The van der Waals surface area contributed by atoms with Crippen LogP contribution >= 0.6 is 0 Å². The van der Waals surface area contributed by atoms with E-state index < -0.39 is 0 Å². The van der Waals surface area contributed by atoms with Crippen LogP contribution in [0.5, 0.6) is 0 Å². The molecule has 1 heterocycles. The zero-order valence-corrected chi connectivity index (χ0v) is 11.1. The van der Waals surface area contributed by atoms with Crippen LogP contribution in [0.4, 0.5) is 5.69 Å². The summed E-state index contributed by atoms with van der Waals surface area (Å²) in [5, 5.41) is 3.03. The van der Waals surface area contributed by atoms with E-state index in [4.69, 9.17) is 0 Å². The van der Waals surface area contributed by atoms with E-state index in [0.29, 0.717) is 6.54 Å². The van der Waals surface area contributed by atoms with Crippen molar-refractivity contribution in [2.75, 3.05) is 25.0 Å². The summed E-state index contributed by atoms with van der Waals surface area (Å²) in [7, 11) is 0. The molecular formula is C15H22N2O. The van der Waals surface area contributed by atoms with Crippen molar-refractivity contribution in [2.24, 2.45) is 0 Å². The molecule has 0 saturated carbocycles. The van der Waals surface area contributed by atoms with E-state index in [1.807, 2.05) is 18.2 Å². The molecule has 98 valence electrons. The Morgan fingerprint density at radius 3 is 2.67 bits per heavy atom. The van der Waals surface area contributed by atoms with Crippen molar-refractivity contribution in [3.8, 4) is 0 Å². The van der Waals surface area contributed by atoms with Gasteiger partial charge in [0.2, 0.25) is 5.91 Å². The van der Waals surface area contributed by atoms with Crippen molar-refractivity contribution in [3.63, 3.8) is 0 Å². The van der Waals surface area contributed by atoms with Gasteiger partial charge in [-0.3, -0.25) is 9.69 Å². The number of para-hydroxylation sites is 1. The molecule has 3 nitrogen and oxygen atoms in total. The Morgan fingerprint density at radius 2 is 1.94 bits per heavy atom. The van der Waals surface area contributed by atoms with Gasteiger partial charge in [-0.25, -0.2) is 0 Å². The lowest BCUT2D eigenvalue weighted by atomic mass is 10.1. The van der Waals surface area contributed by atoms with Gasteiger partial charge < -0.3 is 5.32 Å². The van der Waals surface area contributed by atoms with Gasteiger partial charge in [0.05, 0.1) is 6.54 Å². The van der Waals surface area contributed by atoms with Gasteiger partial charge >= 0.3 is 0 Å². The van der Waals surface area contributed by atoms with Crippen LogP contribution in [-0.4, -0.2) is 30.4 Å². The van der Waals surface area contributed by atoms with Crippen LogP contribution in [0.2, 0.25) is 0 Å². The fourth-order valence-corrected chi connectivity index (χ4v) is 2.46. The largest absolute Gasteiger partial charge is 0.325 e. The zero-order chi connectivity index (χ0) is 12.8. The molecule has 1 aliphatic heterocycles. The molecule has 1 aromatic rings. The van der Waals surface area contributed by atoms with Gasteiger partial charge in [-0.05, 0) is 44.0 Å². The number of nitrogens with one attached hydrogen (secondary N) is 1. The first-order valence-corrected chi connectivity index (χ1v) is 6.89. The average molecular weight is 246 g/mol. The van der Waals surface area contributed by atoms with Crippen LogP contribution in [0.15, 0.2) is 24.3 Å². The molecule has 0 bridgehead atoms. The average Bonchev–Trinajstić information content (AvgIpc) is 2.40. The minimum Gasteiger partial charge on any atom is -0.325 e. The molecule has 1 saturated heterocycles. The minimum atomic E-state index is 0.109. The maximum absolute atomic E-state index is 12.0. The van der Waals surface area contributed by atoms with Gasteiger partial charge in [-0.1, -0.05) is 31.5 Å². The number of benzene rings is 1. The number of anilines is 1. The number of carbonyl (C=O) groups excluding carboxylic acids is 1. The third-order valence-corrected chi connectivity index (χ3v) is 3.49. The molecule has 1 N–H and O–H groups in total. The molecule has 2 rings (SSSR count). The number of nitrogens with zero attached hydrogens (tertiary/aromatic N) is 1. The van der Waals surface area contributed by atoms with E-state index in [1.165, 1.54) is 24.8 Å². The predicted molar refractivity (Wildman–Crippen MR) is 74.7 cm³/mol. The van der Waals surface area contributed by atoms with Crippen LogP contribution in [0.25, 0.3) is 0 Å². The molecular weight excluding hydrogens is 224 g/mol. The van der Waals surface area contributed by atoms with Gasteiger partial charge in [-0.15, -0.1) is 0 Å². The number of likely N-dealkylation sites (tertiary alicyclic amines) is 1. The van der Waals surface area contributed by atoms with Crippen molar-refractivity contribution in [2.45, 2.75) is 32.6 Å². The summed E-state index contributed by atoms with van der Waals surface area (Å²) in [5.41, 5.74) is 2.16. The predicted octanol–water partition coefficient (Wildman–Crippen LogP) is 2.67. The molecule has 3 heteroatoms. The first kappa shape index (κ1) is 13.1. The van der Waals surface area contributed by atoms with E-state index in [0.717, 1.165) is 25.2 Å². The summed E-state index contributed by atoms with van der Waals surface area (Å²) in [6.07, 6.45) is 4.69. The molecule has 0 atom stereocenters. The van der Waals surface area contributed by atoms with E-state index in [-0.39, 0.29) is 5.91 Å². The lowest BCUT2D eigenvalue weighted by Crippen LogP contribution is -2.36. The zero-order valence-electron chi connectivity index (χ0n) is 11.1. The van der Waals surface area contributed by atoms with E-state index in [2.05, 4.69) is 23.2 Å². The highest BCUT2D eigenvalue weighted by atomic mass is 16.2. The molecule has 0 aromatic heterocycles. The number of rotatable bonds is 4. The third kappa shape index (κ3) is 3.57. The normalized spacial score (nSPS) is 16.5. The number of hydrogen-bond donors (Lipinski definition) is 1. The second-order valence-electron chi connectivity index (χ2n) is 4.90. The van der Waals surface area contributed by atoms with Gasteiger partial charge in [0.1, 0.15) is 0 Å². The van der Waals surface area contributed by atoms with E-state index >= 15 is 0 Å². The monoisotopic (exact) mass is 246 g/mol. The Bertz CT molecular complexity index is 397. The summed E-state index contributed by atoms with van der Waals surface area (Å²) >= 11 is 0.